The third-order valence-electron chi connectivity index (χ3n) is 3.28. The summed E-state index contributed by atoms with van der Waals surface area (Å²) in [5, 5.41) is 9.81. The second-order valence-electron chi connectivity index (χ2n) is 4.55. The van der Waals surface area contributed by atoms with E-state index >= 15 is 0 Å². The van der Waals surface area contributed by atoms with Crippen molar-refractivity contribution in [2.24, 2.45) is 4.99 Å². The van der Waals surface area contributed by atoms with E-state index in [1.807, 2.05) is 29.2 Å². The van der Waals surface area contributed by atoms with Gasteiger partial charge in [0, 0.05) is 12.5 Å². The number of aliphatic imine (C=N–C) groups is 1. The van der Waals surface area contributed by atoms with Gasteiger partial charge in [0.25, 0.3) is 0 Å². The van der Waals surface area contributed by atoms with E-state index in [0.29, 0.717) is 0 Å². The van der Waals surface area contributed by atoms with Crippen LogP contribution >= 0.6 is 0 Å². The van der Waals surface area contributed by atoms with Crippen LogP contribution < -0.4 is 0 Å². The van der Waals surface area contributed by atoms with Crippen LogP contribution in [0.4, 0.5) is 0 Å². The molecule has 0 saturated heterocycles. The van der Waals surface area contributed by atoms with Crippen molar-refractivity contribution >= 4 is 5.84 Å². The van der Waals surface area contributed by atoms with Crippen LogP contribution in [0.15, 0.2) is 48.0 Å². The van der Waals surface area contributed by atoms with Gasteiger partial charge >= 0.3 is 0 Å². The molecule has 0 aromatic heterocycles. The molecule has 0 fully saturated rings. The number of aliphatic hydroxyl groups is 1. The number of hydrogen-bond donors (Lipinski definition) is 1. The first-order valence-electron chi connectivity index (χ1n) is 6.39. The molecule has 0 radical (unpaired) electrons. The van der Waals surface area contributed by atoms with Gasteiger partial charge in [-0.15, -0.1) is 6.58 Å². The molecule has 0 saturated carbocycles. The molecule has 1 aliphatic heterocycles. The van der Waals surface area contributed by atoms with Crippen LogP contribution in [-0.4, -0.2) is 35.2 Å². The lowest BCUT2D eigenvalue weighted by molar-refractivity contribution is 0.0759. The summed E-state index contributed by atoms with van der Waals surface area (Å²) in [6.07, 6.45) is 2.27. The van der Waals surface area contributed by atoms with Gasteiger partial charge < -0.3 is 10.0 Å². The number of hydrogen-bond acceptors (Lipinski definition) is 3. The predicted octanol–water partition coefficient (Wildman–Crippen LogP) is 2.40. The molecule has 1 aromatic carbocycles. The summed E-state index contributed by atoms with van der Waals surface area (Å²) in [5.41, 5.74) is 1.23. The number of benzene rings is 1. The summed E-state index contributed by atoms with van der Waals surface area (Å²) in [6, 6.07) is 10.3. The summed E-state index contributed by atoms with van der Waals surface area (Å²) in [6.45, 7) is 7.18. The molecule has 3 heteroatoms. The van der Waals surface area contributed by atoms with Crippen molar-refractivity contribution in [2.45, 2.75) is 25.5 Å². The summed E-state index contributed by atoms with van der Waals surface area (Å²) < 4.78 is 0. The first-order valence-corrected chi connectivity index (χ1v) is 6.39. The van der Waals surface area contributed by atoms with E-state index in [2.05, 4.69) is 23.7 Å². The molecule has 1 aliphatic rings. The quantitative estimate of drug-likeness (QED) is 0.807. The van der Waals surface area contributed by atoms with Crippen LogP contribution in [-0.2, 0) is 0 Å². The lowest BCUT2D eigenvalue weighted by Crippen LogP contribution is -2.38. The minimum absolute atomic E-state index is 0.195. The summed E-state index contributed by atoms with van der Waals surface area (Å²) in [4.78, 5) is 6.54. The zero-order valence-electron chi connectivity index (χ0n) is 10.8. The second kappa shape index (κ2) is 5.83. The highest BCUT2D eigenvalue weighted by atomic mass is 16.3. The van der Waals surface area contributed by atoms with Gasteiger partial charge in [-0.3, -0.25) is 4.99 Å². The Labute approximate surface area is 108 Å². The normalized spacial score (nSPS) is 18.3. The van der Waals surface area contributed by atoms with Crippen molar-refractivity contribution in [3.8, 4) is 0 Å². The van der Waals surface area contributed by atoms with Gasteiger partial charge in [0.05, 0.1) is 6.54 Å². The topological polar surface area (TPSA) is 35.8 Å². The van der Waals surface area contributed by atoms with Gasteiger partial charge in [-0.05, 0) is 18.9 Å². The Bertz CT molecular complexity index is 425. The Morgan fingerprint density at radius 1 is 1.44 bits per heavy atom. The van der Waals surface area contributed by atoms with Crippen molar-refractivity contribution in [3.63, 3.8) is 0 Å². The molecule has 2 rings (SSSR count). The monoisotopic (exact) mass is 244 g/mol. The van der Waals surface area contributed by atoms with Crippen molar-refractivity contribution in [2.75, 3.05) is 13.1 Å². The predicted molar refractivity (Wildman–Crippen MR) is 74.7 cm³/mol. The minimum Gasteiger partial charge on any atom is -0.374 e. The SMILES string of the molecule is C=CCC(C1=NCCN1C(C)O)c1ccccc1. The summed E-state index contributed by atoms with van der Waals surface area (Å²) >= 11 is 0. The fourth-order valence-electron chi connectivity index (χ4n) is 2.41. The van der Waals surface area contributed by atoms with Gasteiger partial charge in [-0.2, -0.15) is 0 Å². The van der Waals surface area contributed by atoms with Gasteiger partial charge in [-0.1, -0.05) is 36.4 Å². The minimum atomic E-state index is -0.484. The molecule has 1 aromatic rings. The number of nitrogens with zero attached hydrogens (tertiary/aromatic N) is 2. The first kappa shape index (κ1) is 12.8. The molecule has 3 nitrogen and oxygen atoms in total. The fraction of sp³-hybridized carbons (Fsp3) is 0.400. The summed E-state index contributed by atoms with van der Waals surface area (Å²) in [5.74, 6) is 1.18. The Balaban J connectivity index is 2.28. The van der Waals surface area contributed by atoms with E-state index in [0.717, 1.165) is 25.3 Å². The zero-order valence-corrected chi connectivity index (χ0v) is 10.8. The Hall–Kier alpha value is -1.61. The lowest BCUT2D eigenvalue weighted by Gasteiger charge is -2.28. The molecule has 0 amide bonds. The van der Waals surface area contributed by atoms with Crippen LogP contribution in [0.1, 0.15) is 24.8 Å². The number of aliphatic hydroxyl groups excluding tert-OH is 1. The maximum absolute atomic E-state index is 9.81. The lowest BCUT2D eigenvalue weighted by atomic mass is 9.94. The molecule has 2 unspecified atom stereocenters. The van der Waals surface area contributed by atoms with E-state index in [1.54, 1.807) is 6.92 Å². The molecule has 96 valence electrons. The van der Waals surface area contributed by atoms with Gasteiger partial charge in [0.2, 0.25) is 0 Å². The molecule has 0 bridgehead atoms. The largest absolute Gasteiger partial charge is 0.374 e. The number of rotatable bonds is 5. The van der Waals surface area contributed by atoms with E-state index in [-0.39, 0.29) is 5.92 Å². The molecular formula is C15H20N2O. The molecular weight excluding hydrogens is 224 g/mol. The maximum Gasteiger partial charge on any atom is 0.125 e. The Morgan fingerprint density at radius 2 is 2.17 bits per heavy atom. The molecule has 2 atom stereocenters. The third kappa shape index (κ3) is 2.62. The van der Waals surface area contributed by atoms with Crippen LogP contribution in [0.25, 0.3) is 0 Å². The molecule has 18 heavy (non-hydrogen) atoms. The van der Waals surface area contributed by atoms with Crippen LogP contribution in [0, 0.1) is 0 Å². The van der Waals surface area contributed by atoms with Crippen molar-refractivity contribution < 1.29 is 5.11 Å². The Morgan fingerprint density at radius 3 is 2.78 bits per heavy atom. The smallest absolute Gasteiger partial charge is 0.125 e. The van der Waals surface area contributed by atoms with Gasteiger partial charge in [0.1, 0.15) is 12.1 Å². The van der Waals surface area contributed by atoms with E-state index in [4.69, 9.17) is 0 Å². The highest BCUT2D eigenvalue weighted by Crippen LogP contribution is 2.26. The molecule has 0 spiro atoms. The van der Waals surface area contributed by atoms with E-state index < -0.39 is 6.23 Å². The van der Waals surface area contributed by atoms with Crippen LogP contribution in [0.2, 0.25) is 0 Å². The first-order chi connectivity index (χ1) is 8.74. The third-order valence-corrected chi connectivity index (χ3v) is 3.28. The molecule has 0 aliphatic carbocycles. The molecule has 1 heterocycles. The van der Waals surface area contributed by atoms with Crippen molar-refractivity contribution in [1.29, 1.82) is 0 Å². The van der Waals surface area contributed by atoms with Gasteiger partial charge in [-0.25, -0.2) is 0 Å². The maximum atomic E-state index is 9.81. The Kier molecular flexibility index (Phi) is 4.15. The van der Waals surface area contributed by atoms with Crippen LogP contribution in [0.3, 0.4) is 0 Å². The highest BCUT2D eigenvalue weighted by Gasteiger charge is 2.28. The van der Waals surface area contributed by atoms with Gasteiger partial charge in [0.15, 0.2) is 0 Å². The average Bonchev–Trinajstić information content (AvgIpc) is 2.86. The van der Waals surface area contributed by atoms with Crippen molar-refractivity contribution in [1.82, 2.24) is 4.90 Å². The number of amidine groups is 1. The average molecular weight is 244 g/mol. The molecule has 1 N–H and O–H groups in total. The van der Waals surface area contributed by atoms with E-state index in [9.17, 15) is 5.11 Å². The zero-order chi connectivity index (χ0) is 13.0. The van der Waals surface area contributed by atoms with E-state index in [1.165, 1.54) is 5.56 Å². The fourth-order valence-corrected chi connectivity index (χ4v) is 2.41. The van der Waals surface area contributed by atoms with Crippen molar-refractivity contribution in [3.05, 3.63) is 48.6 Å². The highest BCUT2D eigenvalue weighted by molar-refractivity contribution is 5.90. The summed E-state index contributed by atoms with van der Waals surface area (Å²) in [7, 11) is 0. The standard InChI is InChI=1S/C15H20N2O/c1-3-7-14(13-8-5-4-6-9-13)15-16-10-11-17(15)12(2)18/h3-6,8-9,12,14,18H,1,7,10-11H2,2H3. The van der Waals surface area contributed by atoms with Crippen LogP contribution in [0.5, 0.6) is 0 Å². The second-order valence-corrected chi connectivity index (χ2v) is 4.55. The number of allylic oxidation sites excluding steroid dienone is 1.